The Balaban J connectivity index is 2.86. The maximum atomic E-state index is 2.18. The van der Waals surface area contributed by atoms with E-state index >= 15 is 0 Å². The summed E-state index contributed by atoms with van der Waals surface area (Å²) < 4.78 is 0. The van der Waals surface area contributed by atoms with Crippen LogP contribution in [0.2, 0.25) is 0 Å². The zero-order valence-electron chi connectivity index (χ0n) is 7.17. The fourth-order valence-electron chi connectivity index (χ4n) is 1.02. The molecule has 0 saturated heterocycles. The predicted octanol–water partition coefficient (Wildman–Crippen LogP) is 1.37. The Labute approximate surface area is 69.4 Å². The second kappa shape index (κ2) is 4.02. The molecule has 0 radical (unpaired) electrons. The zero-order chi connectivity index (χ0) is 8.10. The molecule has 1 rings (SSSR count). The number of hydrogen-bond acceptors (Lipinski definition) is 0. The van der Waals surface area contributed by atoms with Crippen LogP contribution >= 0.6 is 0 Å². The van der Waals surface area contributed by atoms with Crippen LogP contribution in [-0.2, 0) is 0 Å². The molecule has 0 N–H and O–H groups in total. The minimum atomic E-state index is 1.11. The minimum absolute atomic E-state index is 1.11. The number of allylic oxidation sites excluding steroid dienone is 1. The summed E-state index contributed by atoms with van der Waals surface area (Å²) in [4.78, 5) is 0. The van der Waals surface area contributed by atoms with Crippen molar-refractivity contribution in [3.63, 3.8) is 0 Å². The van der Waals surface area contributed by atoms with E-state index in [1.165, 1.54) is 11.0 Å². The lowest BCUT2D eigenvalue weighted by molar-refractivity contribution is 1.23. The average Bonchev–Trinajstić information content (AvgIpc) is 2.03. The van der Waals surface area contributed by atoms with Gasteiger partial charge in [-0.05, 0) is 12.0 Å². The summed E-state index contributed by atoms with van der Waals surface area (Å²) in [5.41, 5.74) is 2.67. The van der Waals surface area contributed by atoms with E-state index in [4.69, 9.17) is 0 Å². The molecule has 0 nitrogen and oxygen atoms in total. The smallest absolute Gasteiger partial charge is 0.0842 e. The molecule has 11 heavy (non-hydrogen) atoms. The number of benzene rings is 1. The van der Waals surface area contributed by atoms with Gasteiger partial charge in [-0.3, -0.25) is 0 Å². The van der Waals surface area contributed by atoms with Crippen LogP contribution in [0.25, 0.3) is 6.08 Å². The summed E-state index contributed by atoms with van der Waals surface area (Å²) in [6.07, 6.45) is 5.46. The first-order valence-electron chi connectivity index (χ1n) is 4.06. The van der Waals surface area contributed by atoms with E-state index < -0.39 is 0 Å². The summed E-state index contributed by atoms with van der Waals surface area (Å²) in [5, 5.41) is 0. The largest absolute Gasteiger partial charge is 0.140 e. The van der Waals surface area contributed by atoms with Gasteiger partial charge in [0.15, 0.2) is 0 Å². The summed E-state index contributed by atoms with van der Waals surface area (Å²) in [6, 6.07) is 8.41. The van der Waals surface area contributed by atoms with Gasteiger partial charge in [-0.2, -0.15) is 0 Å². The molecule has 0 saturated carbocycles. The van der Waals surface area contributed by atoms with Crippen LogP contribution in [0.15, 0.2) is 30.3 Å². The molecule has 1 aromatic rings. The van der Waals surface area contributed by atoms with E-state index in [1.807, 2.05) is 0 Å². The van der Waals surface area contributed by atoms with Gasteiger partial charge in [0.05, 0.1) is 0 Å². The highest BCUT2D eigenvalue weighted by Gasteiger charge is 1.88. The molecule has 0 amide bonds. The lowest BCUT2D eigenvalue weighted by atomic mass is 9.90. The van der Waals surface area contributed by atoms with Crippen molar-refractivity contribution in [3.05, 3.63) is 35.9 Å². The molecule has 0 aliphatic heterocycles. The number of rotatable bonds is 2. The molecule has 0 spiro atoms. The molecule has 0 unspecified atom stereocenters. The Morgan fingerprint density at radius 2 is 2.09 bits per heavy atom. The first-order chi connectivity index (χ1) is 5.34. The Hall–Kier alpha value is -0.975. The molecule has 0 aliphatic carbocycles. The van der Waals surface area contributed by atoms with E-state index in [0.717, 1.165) is 6.42 Å². The summed E-state index contributed by atoms with van der Waals surface area (Å²) in [6.45, 7) is 2.15. The highest BCUT2D eigenvalue weighted by atomic mass is 13.9. The summed E-state index contributed by atoms with van der Waals surface area (Å²) in [7, 11) is 2.13. The molecule has 0 atom stereocenters. The van der Waals surface area contributed by atoms with Gasteiger partial charge in [0.2, 0.25) is 0 Å². The van der Waals surface area contributed by atoms with Crippen molar-refractivity contribution in [2.24, 2.45) is 0 Å². The maximum Gasteiger partial charge on any atom is 0.140 e. The van der Waals surface area contributed by atoms with E-state index in [0.29, 0.717) is 0 Å². The van der Waals surface area contributed by atoms with Crippen LogP contribution in [0, 0.1) is 0 Å². The topological polar surface area (TPSA) is 0 Å². The second-order valence-corrected chi connectivity index (χ2v) is 2.67. The molecular formula is C10H13B. The van der Waals surface area contributed by atoms with Crippen LogP contribution in [-0.4, -0.2) is 7.85 Å². The summed E-state index contributed by atoms with van der Waals surface area (Å²) in [5.74, 6) is 0. The van der Waals surface area contributed by atoms with Crippen molar-refractivity contribution in [1.82, 2.24) is 0 Å². The Morgan fingerprint density at radius 3 is 2.73 bits per heavy atom. The minimum Gasteiger partial charge on any atom is -0.0842 e. The van der Waals surface area contributed by atoms with Crippen LogP contribution in [0.4, 0.5) is 0 Å². The standard InChI is InChI=1S/C10H13B/c1-2-3-6-9-7-4-5-8-10(9)11/h3-8H,2,11H2,1H3/b6-3-. The van der Waals surface area contributed by atoms with Gasteiger partial charge >= 0.3 is 0 Å². The lowest BCUT2D eigenvalue weighted by Crippen LogP contribution is -2.04. The Kier molecular flexibility index (Phi) is 2.97. The fourth-order valence-corrected chi connectivity index (χ4v) is 1.02. The Bertz CT molecular complexity index is 251. The third kappa shape index (κ3) is 2.26. The van der Waals surface area contributed by atoms with Crippen molar-refractivity contribution >= 4 is 19.4 Å². The molecule has 0 aliphatic rings. The first kappa shape index (κ1) is 8.12. The molecule has 1 heteroatoms. The van der Waals surface area contributed by atoms with Crippen LogP contribution < -0.4 is 5.46 Å². The van der Waals surface area contributed by atoms with Crippen molar-refractivity contribution in [1.29, 1.82) is 0 Å². The van der Waals surface area contributed by atoms with Crippen molar-refractivity contribution < 1.29 is 0 Å². The number of hydrogen-bond donors (Lipinski definition) is 0. The summed E-state index contributed by atoms with van der Waals surface area (Å²) >= 11 is 0. The molecule has 0 aromatic heterocycles. The lowest BCUT2D eigenvalue weighted by Gasteiger charge is -1.97. The quantitative estimate of drug-likeness (QED) is 0.550. The zero-order valence-corrected chi connectivity index (χ0v) is 7.17. The third-order valence-electron chi connectivity index (χ3n) is 1.72. The molecule has 56 valence electrons. The SMILES string of the molecule is Bc1ccccc1/C=C\CC. The maximum absolute atomic E-state index is 2.18. The van der Waals surface area contributed by atoms with E-state index in [9.17, 15) is 0 Å². The van der Waals surface area contributed by atoms with Gasteiger partial charge in [0.25, 0.3) is 0 Å². The van der Waals surface area contributed by atoms with Gasteiger partial charge in [0, 0.05) is 0 Å². The Morgan fingerprint density at radius 1 is 1.36 bits per heavy atom. The molecule has 0 heterocycles. The second-order valence-electron chi connectivity index (χ2n) is 2.67. The normalized spacial score (nSPS) is 10.6. The van der Waals surface area contributed by atoms with Gasteiger partial charge in [-0.25, -0.2) is 0 Å². The first-order valence-corrected chi connectivity index (χ1v) is 4.06. The molecule has 0 bridgehead atoms. The third-order valence-corrected chi connectivity index (χ3v) is 1.72. The highest BCUT2D eigenvalue weighted by molar-refractivity contribution is 6.34. The van der Waals surface area contributed by atoms with Gasteiger partial charge in [0.1, 0.15) is 7.85 Å². The predicted molar refractivity (Wildman–Crippen MR) is 53.9 cm³/mol. The van der Waals surface area contributed by atoms with Gasteiger partial charge in [-0.1, -0.05) is 48.8 Å². The van der Waals surface area contributed by atoms with E-state index in [2.05, 4.69) is 51.2 Å². The van der Waals surface area contributed by atoms with E-state index in [1.54, 1.807) is 0 Å². The fraction of sp³-hybridized carbons (Fsp3) is 0.200. The molecular weight excluding hydrogens is 131 g/mol. The van der Waals surface area contributed by atoms with E-state index in [-0.39, 0.29) is 0 Å². The van der Waals surface area contributed by atoms with Crippen LogP contribution in [0.1, 0.15) is 18.9 Å². The monoisotopic (exact) mass is 144 g/mol. The van der Waals surface area contributed by atoms with Crippen LogP contribution in [0.3, 0.4) is 0 Å². The van der Waals surface area contributed by atoms with Gasteiger partial charge in [-0.15, -0.1) is 0 Å². The highest BCUT2D eigenvalue weighted by Crippen LogP contribution is 1.98. The van der Waals surface area contributed by atoms with Gasteiger partial charge < -0.3 is 0 Å². The molecule has 0 fully saturated rings. The van der Waals surface area contributed by atoms with Crippen molar-refractivity contribution in [2.75, 3.05) is 0 Å². The average molecular weight is 144 g/mol. The van der Waals surface area contributed by atoms with Crippen LogP contribution in [0.5, 0.6) is 0 Å². The van der Waals surface area contributed by atoms with Crippen molar-refractivity contribution in [2.45, 2.75) is 13.3 Å². The van der Waals surface area contributed by atoms with Crippen molar-refractivity contribution in [3.8, 4) is 0 Å². The molecule has 1 aromatic carbocycles.